The Bertz CT molecular complexity index is 1100. The average molecular weight is 462 g/mol. The van der Waals surface area contributed by atoms with Gasteiger partial charge in [-0.2, -0.15) is 0 Å². The van der Waals surface area contributed by atoms with E-state index in [0.717, 1.165) is 37.2 Å². The van der Waals surface area contributed by atoms with Gasteiger partial charge in [0, 0.05) is 30.5 Å². The molecule has 0 radical (unpaired) electrons. The number of hydrogen-bond acceptors (Lipinski definition) is 6. The third-order valence-electron chi connectivity index (χ3n) is 6.95. The number of benzene rings is 2. The van der Waals surface area contributed by atoms with Gasteiger partial charge in [-0.25, -0.2) is 4.79 Å². The Kier molecular flexibility index (Phi) is 6.31. The first kappa shape index (κ1) is 22.2. The molecule has 1 aromatic heterocycles. The van der Waals surface area contributed by atoms with Crippen LogP contribution in [0.25, 0.3) is 0 Å². The summed E-state index contributed by atoms with van der Waals surface area (Å²) >= 11 is 0. The SMILES string of the molecule is O=C(C[N+]12CCC(CC1)[C@@H](OC(=O)[C@H](Nc1ccccc1)c1ccccc1)C2)Nc1ccon1. The lowest BCUT2D eigenvalue weighted by Crippen LogP contribution is -2.66. The first-order chi connectivity index (χ1) is 16.6. The molecule has 1 amide bonds. The zero-order chi connectivity index (χ0) is 23.4. The molecule has 3 aliphatic heterocycles. The number of anilines is 2. The Morgan fingerprint density at radius 1 is 1.03 bits per heavy atom. The molecule has 4 heterocycles. The maximum absolute atomic E-state index is 13.4. The number of aromatic nitrogens is 1. The van der Waals surface area contributed by atoms with Gasteiger partial charge in [0.05, 0.1) is 13.1 Å². The highest BCUT2D eigenvalue weighted by molar-refractivity contribution is 5.90. The van der Waals surface area contributed by atoms with Crippen molar-refractivity contribution in [3.05, 3.63) is 78.6 Å². The van der Waals surface area contributed by atoms with Crippen molar-refractivity contribution in [2.75, 3.05) is 36.8 Å². The van der Waals surface area contributed by atoms with Crippen LogP contribution in [0.5, 0.6) is 0 Å². The molecule has 8 heteroatoms. The number of carbonyl (C=O) groups is 2. The summed E-state index contributed by atoms with van der Waals surface area (Å²) in [7, 11) is 0. The molecule has 8 nitrogen and oxygen atoms in total. The van der Waals surface area contributed by atoms with Gasteiger partial charge in [-0.1, -0.05) is 53.7 Å². The van der Waals surface area contributed by atoms with Crippen molar-refractivity contribution < 1.29 is 23.3 Å². The number of esters is 1. The van der Waals surface area contributed by atoms with Gasteiger partial charge in [-0.3, -0.25) is 4.79 Å². The van der Waals surface area contributed by atoms with Crippen LogP contribution in [-0.2, 0) is 14.3 Å². The molecule has 2 N–H and O–H groups in total. The fourth-order valence-corrected chi connectivity index (χ4v) is 5.18. The van der Waals surface area contributed by atoms with Gasteiger partial charge in [0.1, 0.15) is 12.8 Å². The summed E-state index contributed by atoms with van der Waals surface area (Å²) < 4.78 is 11.6. The van der Waals surface area contributed by atoms with Crippen LogP contribution in [-0.4, -0.2) is 53.8 Å². The number of nitrogens with one attached hydrogen (secondary N) is 2. The van der Waals surface area contributed by atoms with Gasteiger partial charge >= 0.3 is 5.97 Å². The molecule has 0 saturated carbocycles. The van der Waals surface area contributed by atoms with Crippen LogP contribution in [0.15, 0.2) is 77.5 Å². The van der Waals surface area contributed by atoms with Crippen molar-refractivity contribution in [1.29, 1.82) is 0 Å². The maximum Gasteiger partial charge on any atom is 0.333 e. The number of piperidine rings is 3. The summed E-state index contributed by atoms with van der Waals surface area (Å²) in [6.45, 7) is 2.80. The Morgan fingerprint density at radius 3 is 2.41 bits per heavy atom. The summed E-state index contributed by atoms with van der Waals surface area (Å²) in [5.74, 6) is 0.345. The predicted octanol–water partition coefficient (Wildman–Crippen LogP) is 3.62. The molecule has 0 spiro atoms. The van der Waals surface area contributed by atoms with E-state index in [9.17, 15) is 9.59 Å². The predicted molar refractivity (Wildman–Crippen MR) is 127 cm³/mol. The van der Waals surface area contributed by atoms with E-state index in [1.807, 2.05) is 60.7 Å². The van der Waals surface area contributed by atoms with Crippen molar-refractivity contribution in [3.63, 3.8) is 0 Å². The lowest BCUT2D eigenvalue weighted by molar-refractivity contribution is -0.938. The van der Waals surface area contributed by atoms with Crippen molar-refractivity contribution in [1.82, 2.24) is 5.16 Å². The third-order valence-corrected chi connectivity index (χ3v) is 6.95. The molecule has 34 heavy (non-hydrogen) atoms. The lowest BCUT2D eigenvalue weighted by Gasteiger charge is -2.51. The highest BCUT2D eigenvalue weighted by atomic mass is 16.5. The van der Waals surface area contributed by atoms with Crippen LogP contribution in [0, 0.1) is 5.92 Å². The number of fused-ring (bicyclic) bond motifs is 3. The molecule has 3 aromatic rings. The second kappa shape index (κ2) is 9.69. The smallest absolute Gasteiger partial charge is 0.333 e. The van der Waals surface area contributed by atoms with Gasteiger partial charge < -0.3 is 24.4 Å². The summed E-state index contributed by atoms with van der Waals surface area (Å²) in [5, 5.41) is 9.88. The number of carbonyl (C=O) groups excluding carboxylic acids is 2. The fourth-order valence-electron chi connectivity index (χ4n) is 5.18. The highest BCUT2D eigenvalue weighted by Crippen LogP contribution is 2.36. The highest BCUT2D eigenvalue weighted by Gasteiger charge is 2.49. The standard InChI is InChI=1S/C26H28N4O4/c31-24(28-23-13-16-33-29-23)18-30-14-11-19(12-15-30)22(17-30)34-26(32)25(20-7-3-1-4-8-20)27-21-9-5-2-6-10-21/h1-10,13,16,19,22,25,27H,11-12,14-15,17-18H2/p+1/t19?,22-,25+,30?/m0/s1. The van der Waals surface area contributed by atoms with Crippen molar-refractivity contribution in [3.8, 4) is 0 Å². The molecule has 3 fully saturated rings. The van der Waals surface area contributed by atoms with Gasteiger partial charge in [0.15, 0.2) is 24.5 Å². The van der Waals surface area contributed by atoms with E-state index >= 15 is 0 Å². The van der Waals surface area contributed by atoms with Crippen LogP contribution >= 0.6 is 0 Å². The first-order valence-electron chi connectivity index (χ1n) is 11.7. The van der Waals surface area contributed by atoms with Crippen LogP contribution in [0.2, 0.25) is 0 Å². The van der Waals surface area contributed by atoms with Gasteiger partial charge in [-0.15, -0.1) is 0 Å². The number of quaternary nitrogens is 1. The monoisotopic (exact) mass is 461 g/mol. The normalized spacial score (nSPS) is 24.2. The number of hydrogen-bond donors (Lipinski definition) is 2. The lowest BCUT2D eigenvalue weighted by atomic mass is 9.83. The minimum Gasteiger partial charge on any atom is -0.454 e. The van der Waals surface area contributed by atoms with Crippen molar-refractivity contribution >= 4 is 23.4 Å². The number of para-hydroxylation sites is 1. The second-order valence-corrected chi connectivity index (χ2v) is 9.23. The summed E-state index contributed by atoms with van der Waals surface area (Å²) in [4.78, 5) is 26.1. The number of ether oxygens (including phenoxy) is 1. The number of nitrogens with zero attached hydrogens (tertiary/aromatic N) is 2. The Morgan fingerprint density at radius 2 is 1.74 bits per heavy atom. The van der Waals surface area contributed by atoms with E-state index in [1.54, 1.807) is 6.07 Å². The van der Waals surface area contributed by atoms with E-state index in [0.29, 0.717) is 29.3 Å². The summed E-state index contributed by atoms with van der Waals surface area (Å²) in [6, 6.07) is 20.3. The van der Waals surface area contributed by atoms with Crippen LogP contribution < -0.4 is 10.6 Å². The molecule has 3 aliphatic rings. The molecule has 2 aromatic carbocycles. The van der Waals surface area contributed by atoms with Gasteiger partial charge in [0.25, 0.3) is 5.91 Å². The molecule has 2 bridgehead atoms. The van der Waals surface area contributed by atoms with Crippen molar-refractivity contribution in [2.45, 2.75) is 25.0 Å². The molecule has 2 atom stereocenters. The number of amides is 1. The van der Waals surface area contributed by atoms with E-state index in [-0.39, 0.29) is 18.0 Å². The van der Waals surface area contributed by atoms with Crippen molar-refractivity contribution in [2.24, 2.45) is 5.92 Å². The third kappa shape index (κ3) is 4.97. The molecular formula is C26H29N4O4+. The minimum absolute atomic E-state index is 0.104. The van der Waals surface area contributed by atoms with E-state index in [4.69, 9.17) is 9.26 Å². The summed E-state index contributed by atoms with van der Waals surface area (Å²) in [6.07, 6.45) is 3.10. The first-order valence-corrected chi connectivity index (χ1v) is 11.7. The average Bonchev–Trinajstić information content (AvgIpc) is 3.37. The van der Waals surface area contributed by atoms with Gasteiger partial charge in [0.2, 0.25) is 0 Å². The van der Waals surface area contributed by atoms with E-state index in [1.165, 1.54) is 6.26 Å². The minimum atomic E-state index is -0.608. The second-order valence-electron chi connectivity index (χ2n) is 9.23. The van der Waals surface area contributed by atoms with Gasteiger partial charge in [-0.05, 0) is 17.7 Å². The molecular weight excluding hydrogens is 432 g/mol. The Balaban J connectivity index is 1.28. The topological polar surface area (TPSA) is 93.5 Å². The van der Waals surface area contributed by atoms with Crippen LogP contribution in [0.3, 0.4) is 0 Å². The van der Waals surface area contributed by atoms with E-state index in [2.05, 4.69) is 15.8 Å². The number of rotatable bonds is 8. The Hall–Kier alpha value is -3.65. The molecule has 0 unspecified atom stereocenters. The van der Waals surface area contributed by atoms with E-state index < -0.39 is 6.04 Å². The zero-order valence-electron chi connectivity index (χ0n) is 18.9. The van der Waals surface area contributed by atoms with Crippen LogP contribution in [0.4, 0.5) is 11.5 Å². The molecule has 3 saturated heterocycles. The quantitative estimate of drug-likeness (QED) is 0.393. The molecule has 6 rings (SSSR count). The zero-order valence-corrected chi connectivity index (χ0v) is 18.9. The fraction of sp³-hybridized carbons (Fsp3) is 0.346. The summed E-state index contributed by atoms with van der Waals surface area (Å²) in [5.41, 5.74) is 1.71. The largest absolute Gasteiger partial charge is 0.454 e. The maximum atomic E-state index is 13.4. The van der Waals surface area contributed by atoms with Crippen LogP contribution in [0.1, 0.15) is 24.4 Å². The molecule has 176 valence electrons. The Labute approximate surface area is 198 Å². The molecule has 0 aliphatic carbocycles.